The number of carbonyl (C=O) groups excluding carboxylic acids is 2. The third-order valence-corrected chi connectivity index (χ3v) is 5.62. The van der Waals surface area contributed by atoms with Crippen molar-refractivity contribution < 1.29 is 9.59 Å². The van der Waals surface area contributed by atoms with Gasteiger partial charge in [0.15, 0.2) is 5.13 Å². The van der Waals surface area contributed by atoms with Crippen LogP contribution in [0.25, 0.3) is 0 Å². The van der Waals surface area contributed by atoms with Crippen molar-refractivity contribution >= 4 is 45.7 Å². The number of hydrogen-bond acceptors (Lipinski definition) is 5. The van der Waals surface area contributed by atoms with Crippen LogP contribution in [-0.2, 0) is 22.4 Å². The van der Waals surface area contributed by atoms with Crippen LogP contribution in [0.5, 0.6) is 0 Å². The zero-order chi connectivity index (χ0) is 16.8. The smallest absolute Gasteiger partial charge is 0.236 e. The highest BCUT2D eigenvalue weighted by atomic mass is 32.2. The number of amides is 2. The third kappa shape index (κ3) is 4.82. The van der Waals surface area contributed by atoms with E-state index in [1.54, 1.807) is 11.3 Å². The van der Waals surface area contributed by atoms with Gasteiger partial charge in [0.1, 0.15) is 0 Å². The second kappa shape index (κ2) is 8.30. The van der Waals surface area contributed by atoms with Crippen molar-refractivity contribution in [2.45, 2.75) is 25.7 Å². The highest BCUT2D eigenvalue weighted by molar-refractivity contribution is 8.00. The SMILES string of the molecule is O=C(CSCC(=O)Nc1nc2c(s1)CCCC2)Nc1ccccc1. The van der Waals surface area contributed by atoms with Crippen LogP contribution in [0.1, 0.15) is 23.4 Å². The number of anilines is 2. The summed E-state index contributed by atoms with van der Waals surface area (Å²) in [6.07, 6.45) is 4.46. The summed E-state index contributed by atoms with van der Waals surface area (Å²) in [4.78, 5) is 29.6. The maximum absolute atomic E-state index is 12.0. The predicted octanol–water partition coefficient (Wildman–Crippen LogP) is 3.33. The minimum Gasteiger partial charge on any atom is -0.325 e. The number of hydrogen-bond donors (Lipinski definition) is 2. The number of thioether (sulfide) groups is 1. The molecule has 1 aliphatic carbocycles. The van der Waals surface area contributed by atoms with Gasteiger partial charge in [-0.05, 0) is 37.8 Å². The molecular formula is C17H19N3O2S2. The van der Waals surface area contributed by atoms with E-state index in [1.807, 2.05) is 30.3 Å². The lowest BCUT2D eigenvalue weighted by atomic mass is 10.0. The second-order valence-corrected chi connectivity index (χ2v) is 7.62. The predicted molar refractivity (Wildman–Crippen MR) is 99.8 cm³/mol. The van der Waals surface area contributed by atoms with Gasteiger partial charge in [-0.1, -0.05) is 18.2 Å². The second-order valence-electron chi connectivity index (χ2n) is 5.55. The number of nitrogens with one attached hydrogen (secondary N) is 2. The van der Waals surface area contributed by atoms with Crippen LogP contribution in [-0.4, -0.2) is 28.3 Å². The third-order valence-electron chi connectivity index (χ3n) is 3.62. The molecule has 2 N–H and O–H groups in total. The molecule has 126 valence electrons. The van der Waals surface area contributed by atoms with Gasteiger partial charge in [0.05, 0.1) is 17.2 Å². The Bertz CT molecular complexity index is 692. The van der Waals surface area contributed by atoms with Gasteiger partial charge in [-0.15, -0.1) is 23.1 Å². The van der Waals surface area contributed by atoms with Gasteiger partial charge < -0.3 is 10.6 Å². The van der Waals surface area contributed by atoms with E-state index in [1.165, 1.54) is 29.5 Å². The van der Waals surface area contributed by atoms with Gasteiger partial charge in [-0.25, -0.2) is 4.98 Å². The first-order chi connectivity index (χ1) is 11.7. The van der Waals surface area contributed by atoms with Crippen molar-refractivity contribution in [1.82, 2.24) is 4.98 Å². The van der Waals surface area contributed by atoms with E-state index in [2.05, 4.69) is 15.6 Å². The maximum Gasteiger partial charge on any atom is 0.236 e. The Hall–Kier alpha value is -1.86. The Morgan fingerprint density at radius 2 is 1.75 bits per heavy atom. The van der Waals surface area contributed by atoms with Gasteiger partial charge in [0, 0.05) is 10.6 Å². The van der Waals surface area contributed by atoms with E-state index in [9.17, 15) is 9.59 Å². The fourth-order valence-electron chi connectivity index (χ4n) is 2.52. The van der Waals surface area contributed by atoms with Crippen LogP contribution in [0.3, 0.4) is 0 Å². The molecule has 2 amide bonds. The number of aryl methyl sites for hydroxylation is 2. The highest BCUT2D eigenvalue weighted by Gasteiger charge is 2.16. The average molecular weight is 361 g/mol. The van der Waals surface area contributed by atoms with E-state index < -0.39 is 0 Å². The first-order valence-electron chi connectivity index (χ1n) is 7.92. The Morgan fingerprint density at radius 1 is 1.04 bits per heavy atom. The number of para-hydroxylation sites is 1. The molecule has 3 rings (SSSR count). The largest absolute Gasteiger partial charge is 0.325 e. The van der Waals surface area contributed by atoms with E-state index in [0.29, 0.717) is 5.13 Å². The summed E-state index contributed by atoms with van der Waals surface area (Å²) in [5.41, 5.74) is 1.90. The molecule has 2 aromatic rings. The summed E-state index contributed by atoms with van der Waals surface area (Å²) in [6.45, 7) is 0. The zero-order valence-corrected chi connectivity index (χ0v) is 14.8. The fraction of sp³-hybridized carbons (Fsp3) is 0.353. The molecule has 0 bridgehead atoms. The molecule has 0 spiro atoms. The van der Waals surface area contributed by atoms with Crippen LogP contribution in [0, 0.1) is 0 Å². The van der Waals surface area contributed by atoms with Gasteiger partial charge in [-0.3, -0.25) is 9.59 Å². The van der Waals surface area contributed by atoms with Crippen LogP contribution in [0.2, 0.25) is 0 Å². The number of rotatable bonds is 6. The van der Waals surface area contributed by atoms with Gasteiger partial charge in [0.2, 0.25) is 11.8 Å². The minimum absolute atomic E-state index is 0.108. The standard InChI is InChI=1S/C17H19N3O2S2/c21-15(18-12-6-2-1-3-7-12)10-23-11-16(22)20-17-19-13-8-4-5-9-14(13)24-17/h1-3,6-7H,4-5,8-11H2,(H,18,21)(H,19,20,22). The van der Waals surface area contributed by atoms with Gasteiger partial charge >= 0.3 is 0 Å². The normalized spacial score (nSPS) is 13.2. The van der Waals surface area contributed by atoms with Crippen molar-refractivity contribution in [3.8, 4) is 0 Å². The maximum atomic E-state index is 12.0. The number of carbonyl (C=O) groups is 2. The lowest BCUT2D eigenvalue weighted by Crippen LogP contribution is -2.18. The molecule has 1 heterocycles. The van der Waals surface area contributed by atoms with Crippen LogP contribution >= 0.6 is 23.1 Å². The Labute approximate surface area is 149 Å². The number of benzene rings is 1. The van der Waals surface area contributed by atoms with E-state index in [4.69, 9.17) is 0 Å². The summed E-state index contributed by atoms with van der Waals surface area (Å²) < 4.78 is 0. The summed E-state index contributed by atoms with van der Waals surface area (Å²) in [6, 6.07) is 9.29. The van der Waals surface area contributed by atoms with Crippen LogP contribution in [0.15, 0.2) is 30.3 Å². The number of thiazole rings is 1. The first kappa shape index (κ1) is 17.0. The Balaban J connectivity index is 1.39. The first-order valence-corrected chi connectivity index (χ1v) is 9.89. The summed E-state index contributed by atoms with van der Waals surface area (Å²) in [5.74, 6) is 0.269. The fourth-order valence-corrected chi connectivity index (χ4v) is 4.20. The highest BCUT2D eigenvalue weighted by Crippen LogP contribution is 2.29. The number of aromatic nitrogens is 1. The number of fused-ring (bicyclic) bond motifs is 1. The molecule has 5 nitrogen and oxygen atoms in total. The molecule has 1 aromatic heterocycles. The van der Waals surface area contributed by atoms with Crippen molar-refractivity contribution in [3.05, 3.63) is 40.9 Å². The molecule has 0 saturated carbocycles. The minimum atomic E-state index is -0.112. The van der Waals surface area contributed by atoms with Crippen molar-refractivity contribution in [2.75, 3.05) is 22.1 Å². The summed E-state index contributed by atoms with van der Waals surface area (Å²) in [5, 5.41) is 6.32. The molecule has 0 aliphatic heterocycles. The molecule has 0 unspecified atom stereocenters. The topological polar surface area (TPSA) is 71.1 Å². The lowest BCUT2D eigenvalue weighted by Gasteiger charge is -2.06. The van der Waals surface area contributed by atoms with Crippen molar-refractivity contribution in [3.63, 3.8) is 0 Å². The van der Waals surface area contributed by atoms with Crippen LogP contribution in [0.4, 0.5) is 10.8 Å². The van der Waals surface area contributed by atoms with Crippen LogP contribution < -0.4 is 10.6 Å². The van der Waals surface area contributed by atoms with E-state index >= 15 is 0 Å². The molecule has 1 aliphatic rings. The molecular weight excluding hydrogens is 342 g/mol. The molecule has 0 fully saturated rings. The Kier molecular flexibility index (Phi) is 5.87. The van der Waals surface area contributed by atoms with Crippen molar-refractivity contribution in [2.24, 2.45) is 0 Å². The van der Waals surface area contributed by atoms with E-state index in [0.717, 1.165) is 24.2 Å². The average Bonchev–Trinajstić information content (AvgIpc) is 2.97. The monoisotopic (exact) mass is 361 g/mol. The Morgan fingerprint density at radius 3 is 2.50 bits per heavy atom. The summed E-state index contributed by atoms with van der Waals surface area (Å²) >= 11 is 2.87. The molecule has 0 atom stereocenters. The lowest BCUT2D eigenvalue weighted by molar-refractivity contribution is -0.114. The van der Waals surface area contributed by atoms with Crippen molar-refractivity contribution in [1.29, 1.82) is 0 Å². The summed E-state index contributed by atoms with van der Waals surface area (Å²) in [7, 11) is 0. The van der Waals surface area contributed by atoms with Gasteiger partial charge in [0.25, 0.3) is 0 Å². The molecule has 7 heteroatoms. The van der Waals surface area contributed by atoms with E-state index in [-0.39, 0.29) is 23.3 Å². The molecule has 0 saturated heterocycles. The molecule has 1 aromatic carbocycles. The molecule has 0 radical (unpaired) electrons. The van der Waals surface area contributed by atoms with Gasteiger partial charge in [-0.2, -0.15) is 0 Å². The molecule has 24 heavy (non-hydrogen) atoms. The zero-order valence-electron chi connectivity index (χ0n) is 13.2. The quantitative estimate of drug-likeness (QED) is 0.828. The number of nitrogens with zero attached hydrogens (tertiary/aromatic N) is 1.